The molecule has 4 atom stereocenters. The number of amides is 1. The zero-order chi connectivity index (χ0) is 17.3. The first-order valence-electron chi connectivity index (χ1n) is 8.21. The SMILES string of the molecule is CC1CC(C(=O)O)CN(C(=O)C2CNNC2c2ccccc2Cl)C1. The minimum atomic E-state index is -0.829. The van der Waals surface area contributed by atoms with Crippen LogP contribution in [0.2, 0.25) is 5.02 Å². The molecule has 2 saturated heterocycles. The number of likely N-dealkylation sites (tertiary alicyclic amines) is 1. The van der Waals surface area contributed by atoms with Crippen molar-refractivity contribution < 1.29 is 14.7 Å². The molecule has 1 aromatic carbocycles. The highest BCUT2D eigenvalue weighted by molar-refractivity contribution is 6.31. The summed E-state index contributed by atoms with van der Waals surface area (Å²) < 4.78 is 0. The zero-order valence-corrected chi connectivity index (χ0v) is 14.3. The first kappa shape index (κ1) is 17.2. The Morgan fingerprint density at radius 3 is 2.75 bits per heavy atom. The van der Waals surface area contributed by atoms with Gasteiger partial charge in [0.1, 0.15) is 0 Å². The number of nitrogens with one attached hydrogen (secondary N) is 2. The van der Waals surface area contributed by atoms with E-state index in [9.17, 15) is 14.7 Å². The Balaban J connectivity index is 1.78. The van der Waals surface area contributed by atoms with E-state index >= 15 is 0 Å². The third kappa shape index (κ3) is 3.41. The summed E-state index contributed by atoms with van der Waals surface area (Å²) in [5.74, 6) is -1.45. The predicted octanol–water partition coefficient (Wildman–Crippen LogP) is 1.67. The van der Waals surface area contributed by atoms with E-state index < -0.39 is 11.9 Å². The van der Waals surface area contributed by atoms with Crippen LogP contribution >= 0.6 is 11.6 Å². The van der Waals surface area contributed by atoms with E-state index in [2.05, 4.69) is 10.9 Å². The summed E-state index contributed by atoms with van der Waals surface area (Å²) in [6, 6.07) is 7.25. The molecule has 2 aliphatic rings. The molecule has 0 bridgehead atoms. The lowest BCUT2D eigenvalue weighted by Crippen LogP contribution is -2.48. The van der Waals surface area contributed by atoms with E-state index in [0.29, 0.717) is 24.5 Å². The minimum Gasteiger partial charge on any atom is -0.481 e. The molecule has 24 heavy (non-hydrogen) atoms. The molecule has 2 heterocycles. The number of benzene rings is 1. The molecule has 0 spiro atoms. The molecule has 3 rings (SSSR count). The number of carboxylic acid groups (broad SMARTS) is 1. The van der Waals surface area contributed by atoms with Gasteiger partial charge >= 0.3 is 5.97 Å². The smallest absolute Gasteiger partial charge is 0.308 e. The third-order valence-electron chi connectivity index (χ3n) is 4.86. The van der Waals surface area contributed by atoms with Crippen LogP contribution in [0.5, 0.6) is 0 Å². The molecule has 0 radical (unpaired) electrons. The number of carboxylic acids is 1. The Kier molecular flexibility index (Phi) is 5.08. The van der Waals surface area contributed by atoms with Crippen LogP contribution < -0.4 is 10.9 Å². The van der Waals surface area contributed by atoms with Crippen molar-refractivity contribution >= 4 is 23.5 Å². The average Bonchev–Trinajstić information content (AvgIpc) is 3.03. The first-order valence-corrected chi connectivity index (χ1v) is 8.59. The maximum Gasteiger partial charge on any atom is 0.308 e. The van der Waals surface area contributed by atoms with Crippen molar-refractivity contribution in [3.63, 3.8) is 0 Å². The van der Waals surface area contributed by atoms with Gasteiger partial charge in [0.15, 0.2) is 0 Å². The molecule has 4 unspecified atom stereocenters. The lowest BCUT2D eigenvalue weighted by molar-refractivity contribution is -0.148. The summed E-state index contributed by atoms with van der Waals surface area (Å²) in [6.07, 6.45) is 0.619. The first-order chi connectivity index (χ1) is 11.5. The van der Waals surface area contributed by atoms with Crippen LogP contribution in [0.1, 0.15) is 24.9 Å². The fourth-order valence-corrected chi connectivity index (χ4v) is 3.95. The number of hydrogen-bond acceptors (Lipinski definition) is 4. The van der Waals surface area contributed by atoms with Crippen LogP contribution in [0, 0.1) is 17.8 Å². The molecule has 2 aliphatic heterocycles. The Morgan fingerprint density at radius 1 is 1.29 bits per heavy atom. The van der Waals surface area contributed by atoms with E-state index in [1.165, 1.54) is 0 Å². The van der Waals surface area contributed by atoms with Crippen molar-refractivity contribution in [2.45, 2.75) is 19.4 Å². The monoisotopic (exact) mass is 351 g/mol. The number of carbonyl (C=O) groups is 2. The molecule has 3 N–H and O–H groups in total. The molecule has 0 aliphatic carbocycles. The van der Waals surface area contributed by atoms with Crippen molar-refractivity contribution in [1.29, 1.82) is 0 Å². The number of halogens is 1. The summed E-state index contributed by atoms with van der Waals surface area (Å²) in [7, 11) is 0. The summed E-state index contributed by atoms with van der Waals surface area (Å²) in [5, 5.41) is 9.92. The Bertz CT molecular complexity index is 639. The van der Waals surface area contributed by atoms with Crippen molar-refractivity contribution in [2.24, 2.45) is 17.8 Å². The number of carbonyl (C=O) groups excluding carboxylic acids is 1. The molecule has 0 saturated carbocycles. The van der Waals surface area contributed by atoms with Gasteiger partial charge in [-0.25, -0.2) is 5.43 Å². The number of piperidine rings is 1. The van der Waals surface area contributed by atoms with Crippen LogP contribution in [0.3, 0.4) is 0 Å². The summed E-state index contributed by atoms with van der Waals surface area (Å²) >= 11 is 6.28. The van der Waals surface area contributed by atoms with Crippen LogP contribution in [0.25, 0.3) is 0 Å². The molecule has 7 heteroatoms. The molecule has 130 valence electrons. The highest BCUT2D eigenvalue weighted by Crippen LogP contribution is 2.32. The van der Waals surface area contributed by atoms with Crippen molar-refractivity contribution in [3.05, 3.63) is 34.9 Å². The van der Waals surface area contributed by atoms with E-state index in [4.69, 9.17) is 11.6 Å². The molecular weight excluding hydrogens is 330 g/mol. The van der Waals surface area contributed by atoms with Gasteiger partial charge in [0.25, 0.3) is 0 Å². The fourth-order valence-electron chi connectivity index (χ4n) is 3.69. The maximum absolute atomic E-state index is 13.0. The second-order valence-electron chi connectivity index (χ2n) is 6.75. The van der Waals surface area contributed by atoms with Crippen LogP contribution in [0.15, 0.2) is 24.3 Å². The van der Waals surface area contributed by atoms with Gasteiger partial charge in [-0.05, 0) is 24.0 Å². The van der Waals surface area contributed by atoms with Crippen LogP contribution in [-0.4, -0.2) is 41.5 Å². The third-order valence-corrected chi connectivity index (χ3v) is 5.20. The molecule has 0 aromatic heterocycles. The highest BCUT2D eigenvalue weighted by Gasteiger charge is 2.40. The lowest BCUT2D eigenvalue weighted by atomic mass is 9.88. The van der Waals surface area contributed by atoms with Gasteiger partial charge < -0.3 is 10.0 Å². The fraction of sp³-hybridized carbons (Fsp3) is 0.529. The van der Waals surface area contributed by atoms with E-state index in [1.807, 2.05) is 31.2 Å². The van der Waals surface area contributed by atoms with E-state index in [-0.39, 0.29) is 30.3 Å². The summed E-state index contributed by atoms with van der Waals surface area (Å²) in [6.45, 7) is 3.38. The van der Waals surface area contributed by atoms with Crippen LogP contribution in [0.4, 0.5) is 0 Å². The topological polar surface area (TPSA) is 81.7 Å². The minimum absolute atomic E-state index is 0.0183. The van der Waals surface area contributed by atoms with Gasteiger partial charge in [-0.1, -0.05) is 36.7 Å². The quantitative estimate of drug-likeness (QED) is 0.771. The zero-order valence-electron chi connectivity index (χ0n) is 13.5. The van der Waals surface area contributed by atoms with Gasteiger partial charge in [0.2, 0.25) is 5.91 Å². The Morgan fingerprint density at radius 2 is 2.04 bits per heavy atom. The maximum atomic E-state index is 13.0. The summed E-state index contributed by atoms with van der Waals surface area (Å²) in [5.41, 5.74) is 7.05. The number of rotatable bonds is 3. The number of hydrogen-bond donors (Lipinski definition) is 3. The van der Waals surface area contributed by atoms with Gasteiger partial charge in [0, 0.05) is 24.7 Å². The van der Waals surface area contributed by atoms with Gasteiger partial charge in [0.05, 0.1) is 17.9 Å². The number of hydrazine groups is 1. The molecular formula is C17H22ClN3O3. The lowest BCUT2D eigenvalue weighted by Gasteiger charge is -2.36. The second-order valence-corrected chi connectivity index (χ2v) is 7.16. The summed E-state index contributed by atoms with van der Waals surface area (Å²) in [4.78, 5) is 26.1. The predicted molar refractivity (Wildman–Crippen MR) is 90.3 cm³/mol. The van der Waals surface area contributed by atoms with Gasteiger partial charge in [-0.2, -0.15) is 0 Å². The van der Waals surface area contributed by atoms with Crippen molar-refractivity contribution in [3.8, 4) is 0 Å². The van der Waals surface area contributed by atoms with Gasteiger partial charge in [-0.15, -0.1) is 0 Å². The number of nitrogens with zero attached hydrogens (tertiary/aromatic N) is 1. The largest absolute Gasteiger partial charge is 0.481 e. The highest BCUT2D eigenvalue weighted by atomic mass is 35.5. The molecule has 6 nitrogen and oxygen atoms in total. The van der Waals surface area contributed by atoms with Gasteiger partial charge in [-0.3, -0.25) is 15.0 Å². The molecule has 2 fully saturated rings. The van der Waals surface area contributed by atoms with E-state index in [1.54, 1.807) is 4.90 Å². The second kappa shape index (κ2) is 7.09. The van der Waals surface area contributed by atoms with Crippen molar-refractivity contribution in [2.75, 3.05) is 19.6 Å². The Hall–Kier alpha value is -1.63. The normalized spacial score (nSPS) is 30.3. The molecule has 1 aromatic rings. The van der Waals surface area contributed by atoms with Crippen LogP contribution in [-0.2, 0) is 9.59 Å². The number of aliphatic carboxylic acids is 1. The van der Waals surface area contributed by atoms with Crippen molar-refractivity contribution in [1.82, 2.24) is 15.8 Å². The van der Waals surface area contributed by atoms with E-state index in [0.717, 1.165) is 5.56 Å². The average molecular weight is 352 g/mol. The Labute approximate surface area is 146 Å². The molecule has 1 amide bonds. The standard InChI is InChI=1S/C17H22ClN3O3/c1-10-6-11(17(23)24)9-21(8-10)16(22)13-7-19-20-15(13)12-4-2-3-5-14(12)18/h2-5,10-11,13,15,19-20H,6-9H2,1H3,(H,23,24).